The number of ketones is 1. The molecule has 1 aromatic rings. The Balaban J connectivity index is 2.76. The molecule has 2 nitrogen and oxygen atoms in total. The first-order chi connectivity index (χ1) is 9.60. The Hall–Kier alpha value is -0.860. The number of Topliss-reactive ketones (excluding diaryl/α,β-unsaturated/α-hetero) is 1. The van der Waals surface area contributed by atoms with Gasteiger partial charge in [0.05, 0.1) is 6.04 Å². The van der Waals surface area contributed by atoms with Crippen LogP contribution in [0.25, 0.3) is 0 Å². The molecule has 0 heterocycles. The monoisotopic (exact) mass is 295 g/mol. The minimum atomic E-state index is -0.0773. The van der Waals surface area contributed by atoms with Gasteiger partial charge in [-0.3, -0.25) is 9.69 Å². The first-order valence-corrected chi connectivity index (χ1v) is 8.01. The van der Waals surface area contributed by atoms with Crippen molar-refractivity contribution in [1.82, 2.24) is 4.90 Å². The maximum Gasteiger partial charge on any atom is 0.179 e. The first kappa shape index (κ1) is 17.2. The second-order valence-corrected chi connectivity index (χ2v) is 5.73. The van der Waals surface area contributed by atoms with E-state index in [2.05, 4.69) is 18.7 Å². The molecule has 0 saturated carbocycles. The summed E-state index contributed by atoms with van der Waals surface area (Å²) < 4.78 is 0. The van der Waals surface area contributed by atoms with Crippen LogP contribution in [0.1, 0.15) is 56.8 Å². The Morgan fingerprint density at radius 3 is 2.30 bits per heavy atom. The van der Waals surface area contributed by atoms with E-state index in [0.29, 0.717) is 10.6 Å². The molecule has 1 rings (SSSR count). The highest BCUT2D eigenvalue weighted by Gasteiger charge is 2.21. The molecule has 0 bridgehead atoms. The third-order valence-corrected chi connectivity index (χ3v) is 3.87. The lowest BCUT2D eigenvalue weighted by molar-refractivity contribution is 0.0833. The molecule has 0 amide bonds. The Bertz CT molecular complexity index is 411. The standard InChI is InChI=1S/C17H26ClNO/c1-4-6-11-19(12-7-5-2)14(3)17(20)15-9-8-10-16(18)13-15/h8-10,13-14H,4-7,11-12H2,1-3H3. The van der Waals surface area contributed by atoms with Gasteiger partial charge in [-0.25, -0.2) is 0 Å². The van der Waals surface area contributed by atoms with Gasteiger partial charge in [0.25, 0.3) is 0 Å². The largest absolute Gasteiger partial charge is 0.294 e. The number of hydrogen-bond acceptors (Lipinski definition) is 2. The second-order valence-electron chi connectivity index (χ2n) is 5.29. The Morgan fingerprint density at radius 1 is 1.20 bits per heavy atom. The summed E-state index contributed by atoms with van der Waals surface area (Å²) in [7, 11) is 0. The fourth-order valence-electron chi connectivity index (χ4n) is 2.27. The van der Waals surface area contributed by atoms with Crippen molar-refractivity contribution in [2.45, 2.75) is 52.5 Å². The third kappa shape index (κ3) is 5.26. The summed E-state index contributed by atoms with van der Waals surface area (Å²) in [6.07, 6.45) is 4.58. The van der Waals surface area contributed by atoms with Crippen LogP contribution in [-0.4, -0.2) is 29.8 Å². The molecule has 0 N–H and O–H groups in total. The Morgan fingerprint density at radius 2 is 1.80 bits per heavy atom. The van der Waals surface area contributed by atoms with Gasteiger partial charge in [-0.05, 0) is 45.0 Å². The summed E-state index contributed by atoms with van der Waals surface area (Å²) in [5.41, 5.74) is 0.711. The van der Waals surface area contributed by atoms with E-state index < -0.39 is 0 Å². The number of nitrogens with zero attached hydrogens (tertiary/aromatic N) is 1. The number of rotatable bonds is 9. The first-order valence-electron chi connectivity index (χ1n) is 7.64. The topological polar surface area (TPSA) is 20.3 Å². The van der Waals surface area contributed by atoms with E-state index >= 15 is 0 Å². The zero-order chi connectivity index (χ0) is 15.0. The predicted molar refractivity (Wildman–Crippen MR) is 86.6 cm³/mol. The maximum absolute atomic E-state index is 12.6. The molecule has 1 aromatic carbocycles. The number of carbonyl (C=O) groups excluding carboxylic acids is 1. The van der Waals surface area contributed by atoms with Gasteiger partial charge < -0.3 is 0 Å². The summed E-state index contributed by atoms with van der Waals surface area (Å²) in [5.74, 6) is 0.166. The van der Waals surface area contributed by atoms with Gasteiger partial charge in [0, 0.05) is 10.6 Å². The smallest absolute Gasteiger partial charge is 0.179 e. The van der Waals surface area contributed by atoms with Crippen LogP contribution in [0.2, 0.25) is 5.02 Å². The maximum atomic E-state index is 12.6. The van der Waals surface area contributed by atoms with E-state index in [1.54, 1.807) is 12.1 Å². The van der Waals surface area contributed by atoms with Crippen LogP contribution in [-0.2, 0) is 0 Å². The minimum absolute atomic E-state index is 0.0773. The fourth-order valence-corrected chi connectivity index (χ4v) is 2.46. The normalized spacial score (nSPS) is 12.7. The van der Waals surface area contributed by atoms with Crippen molar-refractivity contribution in [2.24, 2.45) is 0 Å². The zero-order valence-electron chi connectivity index (χ0n) is 12.9. The van der Waals surface area contributed by atoms with Gasteiger partial charge in [0.2, 0.25) is 0 Å². The van der Waals surface area contributed by atoms with Crippen LogP contribution in [0.5, 0.6) is 0 Å². The van der Waals surface area contributed by atoms with Crippen LogP contribution in [0.4, 0.5) is 0 Å². The molecular weight excluding hydrogens is 270 g/mol. The van der Waals surface area contributed by atoms with E-state index in [-0.39, 0.29) is 11.8 Å². The van der Waals surface area contributed by atoms with Gasteiger partial charge in [-0.2, -0.15) is 0 Å². The Labute approximate surface area is 128 Å². The van der Waals surface area contributed by atoms with Crippen molar-refractivity contribution in [2.75, 3.05) is 13.1 Å². The molecule has 0 spiro atoms. The molecule has 0 aliphatic heterocycles. The molecular formula is C17H26ClNO. The quantitative estimate of drug-likeness (QED) is 0.609. The molecule has 1 atom stereocenters. The highest BCUT2D eigenvalue weighted by atomic mass is 35.5. The fraction of sp³-hybridized carbons (Fsp3) is 0.588. The molecule has 3 heteroatoms. The van der Waals surface area contributed by atoms with Crippen molar-refractivity contribution < 1.29 is 4.79 Å². The zero-order valence-corrected chi connectivity index (χ0v) is 13.6. The minimum Gasteiger partial charge on any atom is -0.294 e. The average Bonchev–Trinajstić information content (AvgIpc) is 2.46. The second kappa shape index (κ2) is 9.15. The summed E-state index contributed by atoms with van der Waals surface area (Å²) in [4.78, 5) is 14.9. The summed E-state index contributed by atoms with van der Waals surface area (Å²) in [6.45, 7) is 8.35. The highest BCUT2D eigenvalue weighted by Crippen LogP contribution is 2.15. The third-order valence-electron chi connectivity index (χ3n) is 3.63. The van der Waals surface area contributed by atoms with Crippen LogP contribution in [0, 0.1) is 0 Å². The highest BCUT2D eigenvalue weighted by molar-refractivity contribution is 6.31. The SMILES string of the molecule is CCCCN(CCCC)C(C)C(=O)c1cccc(Cl)c1. The predicted octanol–water partition coefficient (Wildman–Crippen LogP) is 4.81. The van der Waals surface area contributed by atoms with Gasteiger partial charge in [0.1, 0.15) is 0 Å². The van der Waals surface area contributed by atoms with Crippen molar-refractivity contribution in [1.29, 1.82) is 0 Å². The van der Waals surface area contributed by atoms with E-state index in [1.165, 1.54) is 0 Å². The summed E-state index contributed by atoms with van der Waals surface area (Å²) in [5, 5.41) is 0.622. The average molecular weight is 296 g/mol. The molecule has 112 valence electrons. The molecule has 0 radical (unpaired) electrons. The van der Waals surface area contributed by atoms with Crippen LogP contribution < -0.4 is 0 Å². The number of carbonyl (C=O) groups is 1. The van der Waals surface area contributed by atoms with Gasteiger partial charge in [0.15, 0.2) is 5.78 Å². The van der Waals surface area contributed by atoms with Crippen molar-refractivity contribution >= 4 is 17.4 Å². The molecule has 0 aliphatic carbocycles. The summed E-state index contributed by atoms with van der Waals surface area (Å²) >= 11 is 5.97. The molecule has 0 fully saturated rings. The van der Waals surface area contributed by atoms with Gasteiger partial charge >= 0.3 is 0 Å². The molecule has 20 heavy (non-hydrogen) atoms. The lowest BCUT2D eigenvalue weighted by Gasteiger charge is -2.28. The van der Waals surface area contributed by atoms with Crippen LogP contribution in [0.15, 0.2) is 24.3 Å². The van der Waals surface area contributed by atoms with Crippen LogP contribution in [0.3, 0.4) is 0 Å². The lowest BCUT2D eigenvalue weighted by Crippen LogP contribution is -2.40. The summed E-state index contributed by atoms with van der Waals surface area (Å²) in [6, 6.07) is 7.17. The van der Waals surface area contributed by atoms with Gasteiger partial charge in [-0.1, -0.05) is 50.4 Å². The molecule has 0 aliphatic rings. The lowest BCUT2D eigenvalue weighted by atomic mass is 10.0. The van der Waals surface area contributed by atoms with Crippen LogP contribution >= 0.6 is 11.6 Å². The van der Waals surface area contributed by atoms with E-state index in [9.17, 15) is 4.79 Å². The number of hydrogen-bond donors (Lipinski definition) is 0. The molecule has 1 unspecified atom stereocenters. The number of halogens is 1. The number of benzene rings is 1. The number of unbranched alkanes of at least 4 members (excludes halogenated alkanes) is 2. The molecule has 0 aromatic heterocycles. The van der Waals surface area contributed by atoms with Crippen molar-refractivity contribution in [3.05, 3.63) is 34.9 Å². The van der Waals surface area contributed by atoms with E-state index in [0.717, 1.165) is 38.8 Å². The van der Waals surface area contributed by atoms with Crippen molar-refractivity contribution in [3.8, 4) is 0 Å². The van der Waals surface area contributed by atoms with Gasteiger partial charge in [-0.15, -0.1) is 0 Å². The Kier molecular flexibility index (Phi) is 7.86. The van der Waals surface area contributed by atoms with E-state index in [1.807, 2.05) is 19.1 Å². The van der Waals surface area contributed by atoms with E-state index in [4.69, 9.17) is 11.6 Å². The van der Waals surface area contributed by atoms with Crippen molar-refractivity contribution in [3.63, 3.8) is 0 Å². The molecule has 0 saturated heterocycles.